The average Bonchev–Trinajstić information content (AvgIpc) is 3.01. The van der Waals surface area contributed by atoms with Crippen LogP contribution in [0.15, 0.2) is 36.4 Å². The second kappa shape index (κ2) is 4.74. The molecule has 104 valence electrons. The highest BCUT2D eigenvalue weighted by molar-refractivity contribution is 5.96. The van der Waals surface area contributed by atoms with Crippen LogP contribution in [0.3, 0.4) is 0 Å². The number of benzene rings is 1. The Morgan fingerprint density at radius 1 is 1.10 bits per heavy atom. The Morgan fingerprint density at radius 2 is 1.70 bits per heavy atom. The maximum absolute atomic E-state index is 12.8. The van der Waals surface area contributed by atoms with Gasteiger partial charge in [-0.25, -0.2) is 4.39 Å². The zero-order valence-electron chi connectivity index (χ0n) is 10.6. The Bertz CT molecular complexity index is 581. The fraction of sp³-hybridized carbons (Fsp3) is 0.333. The first-order chi connectivity index (χ1) is 9.56. The van der Waals surface area contributed by atoms with Crippen LogP contribution in [0.5, 0.6) is 0 Å². The molecule has 1 aromatic rings. The quantitative estimate of drug-likeness (QED) is 0.832. The normalized spacial score (nSPS) is 30.4. The van der Waals surface area contributed by atoms with Crippen molar-refractivity contribution in [2.24, 2.45) is 23.7 Å². The number of allylic oxidation sites excluding steroid dienone is 2. The molecule has 1 saturated carbocycles. The van der Waals surface area contributed by atoms with E-state index in [1.54, 1.807) is 0 Å². The van der Waals surface area contributed by atoms with E-state index in [9.17, 15) is 19.1 Å². The smallest absolute Gasteiger partial charge is 0.307 e. The molecule has 2 aliphatic rings. The summed E-state index contributed by atoms with van der Waals surface area (Å²) in [6, 6.07) is 5.44. The summed E-state index contributed by atoms with van der Waals surface area (Å²) >= 11 is 0. The summed E-state index contributed by atoms with van der Waals surface area (Å²) < 4.78 is 12.8. The van der Waals surface area contributed by atoms with Gasteiger partial charge in [-0.2, -0.15) is 0 Å². The molecule has 5 heteroatoms. The minimum absolute atomic E-state index is 0.0125. The number of hydrogen-bond donors (Lipinski definition) is 2. The Balaban J connectivity index is 1.78. The molecule has 0 saturated heterocycles. The molecule has 2 aliphatic carbocycles. The molecule has 4 atom stereocenters. The van der Waals surface area contributed by atoms with Gasteiger partial charge in [0.25, 0.3) is 0 Å². The minimum atomic E-state index is -0.930. The molecule has 0 radical (unpaired) electrons. The van der Waals surface area contributed by atoms with Gasteiger partial charge in [-0.15, -0.1) is 0 Å². The van der Waals surface area contributed by atoms with E-state index in [1.165, 1.54) is 24.3 Å². The van der Waals surface area contributed by atoms with Crippen molar-refractivity contribution in [3.05, 3.63) is 42.2 Å². The molecule has 2 unspecified atom stereocenters. The number of carbonyl (C=O) groups excluding carboxylic acids is 1. The zero-order valence-corrected chi connectivity index (χ0v) is 10.6. The van der Waals surface area contributed by atoms with E-state index in [0.29, 0.717) is 5.69 Å². The Morgan fingerprint density at radius 3 is 2.30 bits per heavy atom. The molecule has 1 amide bonds. The van der Waals surface area contributed by atoms with Crippen molar-refractivity contribution in [3.63, 3.8) is 0 Å². The standard InChI is InChI=1S/C15H14FNO3/c16-10-3-5-11(6-4-10)17-14(18)12-8-1-2-9(7-8)13(12)15(19)20/h1-6,8-9,12-13H,7H2,(H,17,18)(H,19,20)/t8-,9+,12?,13?/m0/s1. The summed E-state index contributed by atoms with van der Waals surface area (Å²) in [5.41, 5.74) is 0.479. The third-order valence-electron chi connectivity index (χ3n) is 4.16. The number of carboxylic acid groups (broad SMARTS) is 1. The number of fused-ring (bicyclic) bond motifs is 2. The first kappa shape index (κ1) is 12.8. The Kier molecular flexibility index (Phi) is 3.04. The molecule has 1 fully saturated rings. The van der Waals surface area contributed by atoms with Crippen LogP contribution in [0.4, 0.5) is 10.1 Å². The van der Waals surface area contributed by atoms with Crippen LogP contribution in [0.2, 0.25) is 0 Å². The molecular formula is C15H14FNO3. The summed E-state index contributed by atoms with van der Waals surface area (Å²) in [7, 11) is 0. The van der Waals surface area contributed by atoms with Crippen molar-refractivity contribution in [1.29, 1.82) is 0 Å². The van der Waals surface area contributed by atoms with E-state index in [0.717, 1.165) is 6.42 Å². The summed E-state index contributed by atoms with van der Waals surface area (Å²) in [6.07, 6.45) is 4.54. The predicted molar refractivity (Wildman–Crippen MR) is 70.4 cm³/mol. The fourth-order valence-corrected chi connectivity index (χ4v) is 3.28. The predicted octanol–water partition coefficient (Wildman–Crippen LogP) is 2.29. The van der Waals surface area contributed by atoms with Gasteiger partial charge in [0.2, 0.25) is 5.91 Å². The lowest BCUT2D eigenvalue weighted by Gasteiger charge is -2.23. The van der Waals surface area contributed by atoms with Crippen LogP contribution in [-0.2, 0) is 9.59 Å². The van der Waals surface area contributed by atoms with Gasteiger partial charge in [-0.05, 0) is 42.5 Å². The van der Waals surface area contributed by atoms with Crippen molar-refractivity contribution < 1.29 is 19.1 Å². The van der Waals surface area contributed by atoms with Gasteiger partial charge in [0.05, 0.1) is 11.8 Å². The third-order valence-corrected chi connectivity index (χ3v) is 4.16. The van der Waals surface area contributed by atoms with Crippen LogP contribution < -0.4 is 5.32 Å². The number of aliphatic carboxylic acids is 1. The van der Waals surface area contributed by atoms with Crippen molar-refractivity contribution in [1.82, 2.24) is 0 Å². The van der Waals surface area contributed by atoms with E-state index in [4.69, 9.17) is 0 Å². The van der Waals surface area contributed by atoms with E-state index in [2.05, 4.69) is 5.32 Å². The van der Waals surface area contributed by atoms with Crippen molar-refractivity contribution in [2.75, 3.05) is 5.32 Å². The molecular weight excluding hydrogens is 261 g/mol. The molecule has 2 N–H and O–H groups in total. The second-order valence-electron chi connectivity index (χ2n) is 5.33. The van der Waals surface area contributed by atoms with E-state index in [1.807, 2.05) is 12.2 Å². The zero-order chi connectivity index (χ0) is 14.3. The molecule has 3 rings (SSSR count). The summed E-state index contributed by atoms with van der Waals surface area (Å²) in [5, 5.41) is 12.0. The first-order valence-corrected chi connectivity index (χ1v) is 6.54. The lowest BCUT2D eigenvalue weighted by atomic mass is 9.82. The van der Waals surface area contributed by atoms with Crippen LogP contribution in [-0.4, -0.2) is 17.0 Å². The fourth-order valence-electron chi connectivity index (χ4n) is 3.28. The number of nitrogens with one attached hydrogen (secondary N) is 1. The summed E-state index contributed by atoms with van der Waals surface area (Å²) in [6.45, 7) is 0. The van der Waals surface area contributed by atoms with E-state index in [-0.39, 0.29) is 23.6 Å². The minimum Gasteiger partial charge on any atom is -0.481 e. The highest BCUT2D eigenvalue weighted by Crippen LogP contribution is 2.48. The number of carbonyl (C=O) groups is 2. The summed E-state index contributed by atoms with van der Waals surface area (Å²) in [5.74, 6) is -2.89. The number of anilines is 1. The first-order valence-electron chi connectivity index (χ1n) is 6.54. The van der Waals surface area contributed by atoms with Crippen LogP contribution >= 0.6 is 0 Å². The van der Waals surface area contributed by atoms with Gasteiger partial charge in [0.15, 0.2) is 0 Å². The Hall–Kier alpha value is -2.17. The van der Waals surface area contributed by atoms with Gasteiger partial charge in [-0.1, -0.05) is 12.2 Å². The van der Waals surface area contributed by atoms with E-state index >= 15 is 0 Å². The van der Waals surface area contributed by atoms with E-state index < -0.39 is 17.8 Å². The number of amides is 1. The molecule has 20 heavy (non-hydrogen) atoms. The van der Waals surface area contributed by atoms with Crippen molar-refractivity contribution in [2.45, 2.75) is 6.42 Å². The number of hydrogen-bond acceptors (Lipinski definition) is 2. The van der Waals surface area contributed by atoms with Crippen LogP contribution in [0.25, 0.3) is 0 Å². The lowest BCUT2D eigenvalue weighted by molar-refractivity contribution is -0.146. The highest BCUT2D eigenvalue weighted by Gasteiger charge is 2.51. The maximum Gasteiger partial charge on any atom is 0.307 e. The molecule has 0 spiro atoms. The third kappa shape index (κ3) is 2.09. The Labute approximate surface area is 115 Å². The molecule has 0 aliphatic heterocycles. The second-order valence-corrected chi connectivity index (χ2v) is 5.33. The molecule has 4 nitrogen and oxygen atoms in total. The van der Waals surface area contributed by atoms with Gasteiger partial charge in [0, 0.05) is 5.69 Å². The maximum atomic E-state index is 12.8. The van der Waals surface area contributed by atoms with Crippen LogP contribution in [0, 0.1) is 29.5 Å². The average molecular weight is 275 g/mol. The number of rotatable bonds is 3. The SMILES string of the molecule is O=C(O)C1C(C(=O)Nc2ccc(F)cc2)[C@H]2C=C[C@@H]1C2. The van der Waals surface area contributed by atoms with Gasteiger partial charge in [0.1, 0.15) is 5.82 Å². The largest absolute Gasteiger partial charge is 0.481 e. The molecule has 2 bridgehead atoms. The molecule has 1 aromatic carbocycles. The monoisotopic (exact) mass is 275 g/mol. The number of carboxylic acids is 1. The van der Waals surface area contributed by atoms with Gasteiger partial charge < -0.3 is 10.4 Å². The highest BCUT2D eigenvalue weighted by atomic mass is 19.1. The van der Waals surface area contributed by atoms with Crippen LogP contribution in [0.1, 0.15) is 6.42 Å². The van der Waals surface area contributed by atoms with Gasteiger partial charge in [-0.3, -0.25) is 9.59 Å². The number of halogens is 1. The lowest BCUT2D eigenvalue weighted by Crippen LogP contribution is -2.36. The summed E-state index contributed by atoms with van der Waals surface area (Å²) in [4.78, 5) is 23.6. The molecule has 0 aromatic heterocycles. The topological polar surface area (TPSA) is 66.4 Å². The van der Waals surface area contributed by atoms with Crippen molar-refractivity contribution in [3.8, 4) is 0 Å². The molecule has 0 heterocycles. The van der Waals surface area contributed by atoms with Gasteiger partial charge >= 0.3 is 5.97 Å². The van der Waals surface area contributed by atoms with Crippen molar-refractivity contribution >= 4 is 17.6 Å².